The first-order valence-electron chi connectivity index (χ1n) is 11.9. The van der Waals surface area contributed by atoms with E-state index in [4.69, 9.17) is 9.47 Å². The Hall–Kier alpha value is -3.56. The van der Waals surface area contributed by atoms with E-state index in [1.54, 1.807) is 53.7 Å². The molecule has 3 amide bonds. The number of hydrogen-bond donors (Lipinski definition) is 3. The number of para-hydroxylation sites is 1. The van der Waals surface area contributed by atoms with Gasteiger partial charge in [-0.1, -0.05) is 38.1 Å². The Kier molecular flexibility index (Phi) is 11.9. The number of carbonyl (C=O) groups excluding carboxylic acids is 4. The van der Waals surface area contributed by atoms with Crippen molar-refractivity contribution in [2.45, 2.75) is 65.6 Å². The molecule has 36 heavy (non-hydrogen) atoms. The summed E-state index contributed by atoms with van der Waals surface area (Å²) in [5, 5.41) is 15.8. The van der Waals surface area contributed by atoms with Crippen LogP contribution in [-0.4, -0.2) is 65.2 Å². The van der Waals surface area contributed by atoms with Gasteiger partial charge in [-0.05, 0) is 39.7 Å². The smallest absolute Gasteiger partial charge is 0.408 e. The molecule has 0 bridgehead atoms. The van der Waals surface area contributed by atoms with Gasteiger partial charge in [0.2, 0.25) is 11.8 Å². The van der Waals surface area contributed by atoms with Crippen molar-refractivity contribution in [2.24, 2.45) is 5.92 Å². The van der Waals surface area contributed by atoms with E-state index in [-0.39, 0.29) is 43.3 Å². The molecule has 10 nitrogen and oxygen atoms in total. The summed E-state index contributed by atoms with van der Waals surface area (Å²) in [5.74, 6) is -2.20. The summed E-state index contributed by atoms with van der Waals surface area (Å²) < 4.78 is 10.2. The van der Waals surface area contributed by atoms with Crippen LogP contribution in [0.3, 0.4) is 0 Å². The normalized spacial score (nSPS) is 12.8. The summed E-state index contributed by atoms with van der Waals surface area (Å²) in [5.41, 5.74) is -0.590. The van der Waals surface area contributed by atoms with E-state index in [1.165, 1.54) is 23.1 Å². The van der Waals surface area contributed by atoms with Crippen molar-refractivity contribution in [1.29, 1.82) is 0 Å². The Morgan fingerprint density at radius 2 is 1.81 bits per heavy atom. The number of phenolic OH excluding ortho intramolecular Hbond substituents is 1. The van der Waals surface area contributed by atoms with E-state index < -0.39 is 41.6 Å². The number of alkyl carbamates (subject to hydrolysis) is 1. The Labute approximate surface area is 213 Å². The summed E-state index contributed by atoms with van der Waals surface area (Å²) in [6, 6.07) is 3.86. The van der Waals surface area contributed by atoms with Crippen LogP contribution >= 0.6 is 0 Å². The largest absolute Gasteiger partial charge is 0.508 e. The maximum Gasteiger partial charge on any atom is 0.408 e. The fraction of sp³-hybridized carbons (Fsp3) is 0.538. The van der Waals surface area contributed by atoms with Crippen molar-refractivity contribution < 1.29 is 33.8 Å². The van der Waals surface area contributed by atoms with Gasteiger partial charge in [0.1, 0.15) is 23.4 Å². The van der Waals surface area contributed by atoms with Gasteiger partial charge in [-0.2, -0.15) is 0 Å². The van der Waals surface area contributed by atoms with E-state index in [9.17, 15) is 24.3 Å². The van der Waals surface area contributed by atoms with Gasteiger partial charge >= 0.3 is 12.1 Å². The highest BCUT2D eigenvalue weighted by molar-refractivity contribution is 5.93. The lowest BCUT2D eigenvalue weighted by Crippen LogP contribution is -2.55. The predicted molar refractivity (Wildman–Crippen MR) is 135 cm³/mol. The number of aromatic hydroxyl groups is 1. The lowest BCUT2D eigenvalue weighted by Gasteiger charge is -2.35. The van der Waals surface area contributed by atoms with Gasteiger partial charge in [0.15, 0.2) is 0 Å². The molecule has 0 aliphatic heterocycles. The zero-order valence-electron chi connectivity index (χ0n) is 22.0. The number of carbonyl (C=O) groups is 4. The Morgan fingerprint density at radius 3 is 2.33 bits per heavy atom. The topological polar surface area (TPSA) is 134 Å². The highest BCUT2D eigenvalue weighted by Gasteiger charge is 2.38. The Bertz CT molecular complexity index is 924. The van der Waals surface area contributed by atoms with Gasteiger partial charge in [0.05, 0.1) is 13.0 Å². The fourth-order valence-electron chi connectivity index (χ4n) is 3.38. The molecule has 0 saturated carbocycles. The second-order valence-electron chi connectivity index (χ2n) is 9.45. The molecule has 10 heteroatoms. The molecule has 3 N–H and O–H groups in total. The van der Waals surface area contributed by atoms with Crippen LogP contribution in [0.2, 0.25) is 0 Å². The van der Waals surface area contributed by atoms with Crippen LogP contribution in [0.15, 0.2) is 36.9 Å². The highest BCUT2D eigenvalue weighted by Crippen LogP contribution is 2.30. The molecule has 0 saturated heterocycles. The molecule has 1 rings (SSSR count). The molecule has 0 radical (unpaired) electrons. The van der Waals surface area contributed by atoms with Gasteiger partial charge in [-0.3, -0.25) is 14.4 Å². The molecule has 0 aromatic heterocycles. The third-order valence-electron chi connectivity index (χ3n) is 4.94. The average molecular weight is 506 g/mol. The number of esters is 1. The number of ether oxygens (including phenoxy) is 2. The number of hydrogen-bond acceptors (Lipinski definition) is 7. The maximum absolute atomic E-state index is 13.7. The predicted octanol–water partition coefficient (Wildman–Crippen LogP) is 3.07. The molecule has 200 valence electrons. The van der Waals surface area contributed by atoms with Crippen molar-refractivity contribution in [2.75, 3.05) is 19.7 Å². The monoisotopic (exact) mass is 505 g/mol. The summed E-state index contributed by atoms with van der Waals surface area (Å²) >= 11 is 0. The lowest BCUT2D eigenvalue weighted by atomic mass is 9.98. The first kappa shape index (κ1) is 30.5. The minimum Gasteiger partial charge on any atom is -0.508 e. The van der Waals surface area contributed by atoms with Crippen molar-refractivity contribution in [1.82, 2.24) is 15.5 Å². The van der Waals surface area contributed by atoms with Crippen molar-refractivity contribution in [3.63, 3.8) is 0 Å². The summed E-state index contributed by atoms with van der Waals surface area (Å²) in [6.45, 7) is 14.1. The molecule has 0 heterocycles. The number of amides is 3. The van der Waals surface area contributed by atoms with Crippen LogP contribution in [0, 0.1) is 5.92 Å². The Balaban J connectivity index is 3.34. The molecule has 0 fully saturated rings. The molecule has 1 aromatic rings. The minimum absolute atomic E-state index is 0.0261. The summed E-state index contributed by atoms with van der Waals surface area (Å²) in [6.07, 6.45) is 0.616. The second-order valence-corrected chi connectivity index (χ2v) is 9.45. The van der Waals surface area contributed by atoms with Crippen LogP contribution < -0.4 is 10.6 Å². The highest BCUT2D eigenvalue weighted by atomic mass is 16.6. The first-order chi connectivity index (χ1) is 16.8. The van der Waals surface area contributed by atoms with Crippen molar-refractivity contribution in [3.8, 4) is 5.75 Å². The number of nitrogens with zero attached hydrogens (tertiary/aromatic N) is 1. The lowest BCUT2D eigenvalue weighted by molar-refractivity contribution is -0.144. The number of rotatable bonds is 12. The first-order valence-corrected chi connectivity index (χ1v) is 11.9. The van der Waals surface area contributed by atoms with E-state index in [1.807, 2.05) is 0 Å². The van der Waals surface area contributed by atoms with Crippen LogP contribution in [0.5, 0.6) is 5.75 Å². The van der Waals surface area contributed by atoms with Crippen LogP contribution in [0.4, 0.5) is 4.79 Å². The van der Waals surface area contributed by atoms with Gasteiger partial charge in [-0.25, -0.2) is 4.79 Å². The maximum atomic E-state index is 13.7. The zero-order chi connectivity index (χ0) is 27.5. The Morgan fingerprint density at radius 1 is 1.17 bits per heavy atom. The molecule has 2 unspecified atom stereocenters. The van der Waals surface area contributed by atoms with Gasteiger partial charge < -0.3 is 30.1 Å². The summed E-state index contributed by atoms with van der Waals surface area (Å²) in [4.78, 5) is 52.5. The molecular weight excluding hydrogens is 466 g/mol. The van der Waals surface area contributed by atoms with Gasteiger partial charge in [-0.15, -0.1) is 6.58 Å². The van der Waals surface area contributed by atoms with Gasteiger partial charge in [0, 0.05) is 18.7 Å². The molecular formula is C26H39N3O7. The third-order valence-corrected chi connectivity index (χ3v) is 4.94. The van der Waals surface area contributed by atoms with E-state index in [0.717, 1.165) is 0 Å². The standard InChI is InChI=1S/C26H39N3O7/c1-8-16-29(24(33)21(17(3)4)28-25(34)36-26(5,6)7)22(18-12-10-11-13-19(18)30)23(32)27-15-14-20(31)35-9-2/h8,10-13,17,21-22,30H,1,9,14-16H2,2-7H3,(H,27,32)(H,28,34). The fourth-order valence-corrected chi connectivity index (χ4v) is 3.38. The number of phenols is 1. The van der Waals surface area contributed by atoms with E-state index in [2.05, 4.69) is 17.2 Å². The van der Waals surface area contributed by atoms with Crippen LogP contribution in [0.1, 0.15) is 59.6 Å². The second kappa shape index (κ2) is 14.1. The van der Waals surface area contributed by atoms with Crippen LogP contribution in [-0.2, 0) is 23.9 Å². The molecule has 0 aliphatic carbocycles. The minimum atomic E-state index is -1.26. The molecule has 2 atom stereocenters. The van der Waals surface area contributed by atoms with Crippen molar-refractivity contribution >= 4 is 23.9 Å². The number of nitrogens with one attached hydrogen (secondary N) is 2. The molecule has 1 aromatic carbocycles. The van der Waals surface area contributed by atoms with Crippen molar-refractivity contribution in [3.05, 3.63) is 42.5 Å². The number of benzene rings is 1. The van der Waals surface area contributed by atoms with Crippen LogP contribution in [0.25, 0.3) is 0 Å². The quantitative estimate of drug-likeness (QED) is 0.294. The average Bonchev–Trinajstić information content (AvgIpc) is 2.76. The molecule has 0 aliphatic rings. The zero-order valence-corrected chi connectivity index (χ0v) is 22.0. The summed E-state index contributed by atoms with van der Waals surface area (Å²) in [7, 11) is 0. The SMILES string of the molecule is C=CCN(C(=O)C(NC(=O)OC(C)(C)C)C(C)C)C(C(=O)NCCC(=O)OCC)c1ccccc1O. The molecule has 0 spiro atoms. The third kappa shape index (κ3) is 9.59. The van der Waals surface area contributed by atoms with Gasteiger partial charge in [0.25, 0.3) is 0 Å². The van der Waals surface area contributed by atoms with E-state index >= 15 is 0 Å². The van der Waals surface area contributed by atoms with E-state index in [0.29, 0.717) is 0 Å².